The van der Waals surface area contributed by atoms with Crippen molar-refractivity contribution in [3.05, 3.63) is 75.9 Å². The Labute approximate surface area is 130 Å². The molecule has 4 rings (SSSR count). The van der Waals surface area contributed by atoms with Crippen molar-refractivity contribution in [2.24, 2.45) is 0 Å². The molecule has 0 spiro atoms. The number of benzene rings is 2. The van der Waals surface area contributed by atoms with Crippen LogP contribution >= 0.6 is 11.6 Å². The van der Waals surface area contributed by atoms with E-state index in [1.165, 1.54) is 0 Å². The van der Waals surface area contributed by atoms with Crippen LogP contribution in [0.15, 0.2) is 53.1 Å². The van der Waals surface area contributed by atoms with Crippen LogP contribution in [-0.2, 0) is 0 Å². The van der Waals surface area contributed by atoms with Crippen LogP contribution in [0.3, 0.4) is 0 Å². The van der Waals surface area contributed by atoms with Gasteiger partial charge in [-0.05, 0) is 24.3 Å². The van der Waals surface area contributed by atoms with E-state index >= 15 is 0 Å². The summed E-state index contributed by atoms with van der Waals surface area (Å²) in [6.07, 6.45) is 0. The Morgan fingerprint density at radius 2 is 1.50 bits per heavy atom. The summed E-state index contributed by atoms with van der Waals surface area (Å²) < 4.78 is 5.28. The largest absolute Gasteiger partial charge is 0.355 e. The zero-order chi connectivity index (χ0) is 15.3. The second kappa shape index (κ2) is 4.64. The van der Waals surface area contributed by atoms with Crippen LogP contribution in [0.2, 0.25) is 5.02 Å². The van der Waals surface area contributed by atoms with E-state index in [1.54, 1.807) is 48.5 Å². The molecular formula is C17H8ClNO3. The fourth-order valence-corrected chi connectivity index (χ4v) is 2.72. The van der Waals surface area contributed by atoms with Crippen molar-refractivity contribution in [1.29, 1.82) is 0 Å². The van der Waals surface area contributed by atoms with Crippen LogP contribution in [0.1, 0.15) is 32.0 Å². The number of halogens is 1. The van der Waals surface area contributed by atoms with Crippen molar-refractivity contribution in [3.63, 3.8) is 0 Å². The fourth-order valence-electron chi connectivity index (χ4n) is 2.60. The van der Waals surface area contributed by atoms with Crippen LogP contribution in [0.5, 0.6) is 0 Å². The second-order valence-electron chi connectivity index (χ2n) is 4.95. The summed E-state index contributed by atoms with van der Waals surface area (Å²) in [5.74, 6) is -0.259. The Kier molecular flexibility index (Phi) is 2.74. The Balaban J connectivity index is 1.94. The van der Waals surface area contributed by atoms with Crippen molar-refractivity contribution in [2.75, 3.05) is 0 Å². The average Bonchev–Trinajstić information content (AvgIpc) is 2.99. The van der Waals surface area contributed by atoms with Crippen LogP contribution in [0.25, 0.3) is 11.3 Å². The molecule has 1 aliphatic rings. The number of ketones is 2. The molecule has 0 amide bonds. The average molecular weight is 310 g/mol. The molecule has 1 heterocycles. The van der Waals surface area contributed by atoms with Crippen LogP contribution < -0.4 is 0 Å². The van der Waals surface area contributed by atoms with Crippen molar-refractivity contribution >= 4 is 23.2 Å². The Bertz CT molecular complexity index is 925. The molecular weight excluding hydrogens is 302 g/mol. The normalized spacial score (nSPS) is 13.0. The molecule has 0 atom stereocenters. The van der Waals surface area contributed by atoms with E-state index in [4.69, 9.17) is 16.1 Å². The Hall–Kier alpha value is -2.72. The molecule has 0 radical (unpaired) electrons. The minimum Gasteiger partial charge on any atom is -0.355 e. The number of carbonyl (C=O) groups is 2. The molecule has 4 nitrogen and oxygen atoms in total. The Morgan fingerprint density at radius 3 is 2.18 bits per heavy atom. The zero-order valence-electron chi connectivity index (χ0n) is 11.2. The van der Waals surface area contributed by atoms with Gasteiger partial charge < -0.3 is 4.52 Å². The molecule has 1 aromatic heterocycles. The minimum absolute atomic E-state index is 0.0636. The van der Waals surface area contributed by atoms with E-state index in [9.17, 15) is 9.59 Å². The van der Waals surface area contributed by atoms with Crippen LogP contribution in [0.4, 0.5) is 0 Å². The minimum atomic E-state index is -0.297. The highest BCUT2D eigenvalue weighted by Crippen LogP contribution is 2.34. The van der Waals surface area contributed by atoms with E-state index in [2.05, 4.69) is 5.16 Å². The third kappa shape index (κ3) is 1.74. The molecule has 3 aromatic rings. The first kappa shape index (κ1) is 13.0. The quantitative estimate of drug-likeness (QED) is 0.537. The van der Waals surface area contributed by atoms with E-state index in [1.807, 2.05) is 0 Å². The number of rotatable bonds is 1. The molecule has 0 saturated heterocycles. The molecule has 0 aliphatic heterocycles. The molecule has 0 unspecified atom stereocenters. The number of hydrogen-bond donors (Lipinski definition) is 0. The summed E-state index contributed by atoms with van der Waals surface area (Å²) in [6.45, 7) is 0. The maximum atomic E-state index is 12.7. The first-order chi connectivity index (χ1) is 10.7. The van der Waals surface area contributed by atoms with Gasteiger partial charge in [0.25, 0.3) is 0 Å². The molecule has 0 saturated carbocycles. The summed E-state index contributed by atoms with van der Waals surface area (Å²) in [5, 5.41) is 4.38. The van der Waals surface area contributed by atoms with Crippen molar-refractivity contribution in [2.45, 2.75) is 0 Å². The smallest absolute Gasteiger partial charge is 0.216 e. The summed E-state index contributed by atoms with van der Waals surface area (Å²) >= 11 is 5.87. The van der Waals surface area contributed by atoms with Gasteiger partial charge in [0, 0.05) is 21.7 Å². The van der Waals surface area contributed by atoms with Gasteiger partial charge in [-0.3, -0.25) is 9.59 Å². The van der Waals surface area contributed by atoms with E-state index in [0.29, 0.717) is 27.5 Å². The number of nitrogens with zero attached hydrogens (tertiary/aromatic N) is 1. The molecule has 106 valence electrons. The number of carbonyl (C=O) groups excluding carboxylic acids is 2. The number of fused-ring (bicyclic) bond motifs is 2. The van der Waals surface area contributed by atoms with Gasteiger partial charge in [0.2, 0.25) is 5.78 Å². The topological polar surface area (TPSA) is 60.2 Å². The second-order valence-corrected chi connectivity index (χ2v) is 5.38. The lowest BCUT2D eigenvalue weighted by Crippen LogP contribution is -2.20. The highest BCUT2D eigenvalue weighted by atomic mass is 35.5. The van der Waals surface area contributed by atoms with Gasteiger partial charge in [-0.1, -0.05) is 41.0 Å². The molecule has 5 heteroatoms. The lowest BCUT2D eigenvalue weighted by atomic mass is 9.86. The van der Waals surface area contributed by atoms with Crippen molar-refractivity contribution in [1.82, 2.24) is 5.16 Å². The number of aromatic nitrogens is 1. The van der Waals surface area contributed by atoms with Crippen LogP contribution in [-0.4, -0.2) is 16.7 Å². The lowest BCUT2D eigenvalue weighted by Gasteiger charge is -2.12. The maximum Gasteiger partial charge on any atom is 0.216 e. The van der Waals surface area contributed by atoms with Gasteiger partial charge in [-0.15, -0.1) is 0 Å². The third-order valence-corrected chi connectivity index (χ3v) is 3.91. The van der Waals surface area contributed by atoms with E-state index in [-0.39, 0.29) is 22.8 Å². The summed E-state index contributed by atoms with van der Waals surface area (Å²) in [5.41, 5.74) is 1.66. The van der Waals surface area contributed by atoms with Crippen molar-refractivity contribution < 1.29 is 14.1 Å². The van der Waals surface area contributed by atoms with Gasteiger partial charge >= 0.3 is 0 Å². The molecule has 1 aliphatic carbocycles. The number of hydrogen-bond acceptors (Lipinski definition) is 4. The molecule has 0 N–H and O–H groups in total. The molecule has 2 aromatic carbocycles. The first-order valence-electron chi connectivity index (χ1n) is 6.61. The van der Waals surface area contributed by atoms with Crippen molar-refractivity contribution in [3.8, 4) is 11.3 Å². The highest BCUT2D eigenvalue weighted by molar-refractivity contribution is 6.31. The summed E-state index contributed by atoms with van der Waals surface area (Å²) in [7, 11) is 0. The predicted molar refractivity (Wildman–Crippen MR) is 80.3 cm³/mol. The van der Waals surface area contributed by atoms with Gasteiger partial charge in [-0.2, -0.15) is 0 Å². The summed E-state index contributed by atoms with van der Waals surface area (Å²) in [6, 6.07) is 13.5. The van der Waals surface area contributed by atoms with E-state index in [0.717, 1.165) is 0 Å². The fraction of sp³-hybridized carbons (Fsp3) is 0. The standard InChI is InChI=1S/C17H8ClNO3/c18-10-7-5-9(6-8-10)17-13-14(19-22-17)16(21)12-4-2-1-3-11(12)15(13)20/h1-8H. The maximum absolute atomic E-state index is 12.7. The molecule has 22 heavy (non-hydrogen) atoms. The molecule has 0 bridgehead atoms. The first-order valence-corrected chi connectivity index (χ1v) is 6.98. The monoisotopic (exact) mass is 309 g/mol. The van der Waals surface area contributed by atoms with Gasteiger partial charge in [0.1, 0.15) is 5.56 Å². The Morgan fingerprint density at radius 1 is 0.864 bits per heavy atom. The van der Waals surface area contributed by atoms with Gasteiger partial charge in [0.05, 0.1) is 0 Å². The predicted octanol–water partition coefficient (Wildman–Crippen LogP) is 3.77. The van der Waals surface area contributed by atoms with Gasteiger partial charge in [0.15, 0.2) is 17.2 Å². The van der Waals surface area contributed by atoms with Gasteiger partial charge in [-0.25, -0.2) is 0 Å². The summed E-state index contributed by atoms with van der Waals surface area (Å²) in [4.78, 5) is 25.2. The lowest BCUT2D eigenvalue weighted by molar-refractivity contribution is 0.0976. The third-order valence-electron chi connectivity index (χ3n) is 3.66. The highest BCUT2D eigenvalue weighted by Gasteiger charge is 2.36. The van der Waals surface area contributed by atoms with E-state index < -0.39 is 0 Å². The SMILES string of the molecule is O=C1c2ccccc2C(=O)c2c1noc2-c1ccc(Cl)cc1. The molecule has 0 fully saturated rings. The zero-order valence-corrected chi connectivity index (χ0v) is 11.9. The van der Waals surface area contributed by atoms with Crippen LogP contribution in [0, 0.1) is 0 Å².